The maximum Gasteiger partial charge on any atom is 0.365 e. The van der Waals surface area contributed by atoms with E-state index < -0.39 is 5.97 Å². The molecule has 1 aromatic rings. The van der Waals surface area contributed by atoms with Crippen molar-refractivity contribution in [2.75, 3.05) is 0 Å². The summed E-state index contributed by atoms with van der Waals surface area (Å²) < 4.78 is 5.81. The number of nitrogens with zero attached hydrogens (tertiary/aromatic N) is 1. The highest BCUT2D eigenvalue weighted by Gasteiger charge is 2.27. The molecular formula is C13H19NO3S. The molecule has 0 saturated heterocycles. The summed E-state index contributed by atoms with van der Waals surface area (Å²) in [6, 6.07) is 0. The zero-order valence-corrected chi connectivity index (χ0v) is 11.6. The van der Waals surface area contributed by atoms with Gasteiger partial charge in [0.2, 0.25) is 5.01 Å². The summed E-state index contributed by atoms with van der Waals surface area (Å²) >= 11 is 1.15. The fourth-order valence-corrected chi connectivity index (χ4v) is 2.85. The SMILES string of the molecule is CC1(C)CCC(OCc2csc(C(=O)O)n2)CC1. The van der Waals surface area contributed by atoms with Gasteiger partial charge in [-0.25, -0.2) is 9.78 Å². The van der Waals surface area contributed by atoms with E-state index in [9.17, 15) is 4.79 Å². The van der Waals surface area contributed by atoms with Crippen molar-refractivity contribution in [2.45, 2.75) is 52.2 Å². The fraction of sp³-hybridized carbons (Fsp3) is 0.692. The van der Waals surface area contributed by atoms with Gasteiger partial charge in [0, 0.05) is 5.38 Å². The first-order valence-electron chi connectivity index (χ1n) is 6.25. The van der Waals surface area contributed by atoms with E-state index in [2.05, 4.69) is 18.8 Å². The fourth-order valence-electron chi connectivity index (χ4n) is 2.21. The van der Waals surface area contributed by atoms with Gasteiger partial charge in [0.1, 0.15) is 0 Å². The largest absolute Gasteiger partial charge is 0.476 e. The predicted octanol–water partition coefficient (Wildman–Crippen LogP) is 3.33. The van der Waals surface area contributed by atoms with Crippen LogP contribution in [0.5, 0.6) is 0 Å². The average molecular weight is 269 g/mol. The molecule has 1 heterocycles. The van der Waals surface area contributed by atoms with Gasteiger partial charge >= 0.3 is 5.97 Å². The Morgan fingerprint density at radius 3 is 2.78 bits per heavy atom. The van der Waals surface area contributed by atoms with Crippen molar-refractivity contribution >= 4 is 17.3 Å². The van der Waals surface area contributed by atoms with Gasteiger partial charge in [-0.1, -0.05) is 13.8 Å². The predicted molar refractivity (Wildman–Crippen MR) is 69.9 cm³/mol. The molecule has 0 bridgehead atoms. The monoisotopic (exact) mass is 269 g/mol. The van der Waals surface area contributed by atoms with Gasteiger partial charge in [-0.3, -0.25) is 0 Å². The van der Waals surface area contributed by atoms with E-state index in [-0.39, 0.29) is 5.01 Å². The van der Waals surface area contributed by atoms with Crippen LogP contribution in [0.25, 0.3) is 0 Å². The normalized spacial score (nSPS) is 19.9. The second kappa shape index (κ2) is 5.36. The number of carbonyl (C=O) groups is 1. The van der Waals surface area contributed by atoms with Crippen LogP contribution in [0.15, 0.2) is 5.38 Å². The van der Waals surface area contributed by atoms with Crippen LogP contribution < -0.4 is 0 Å². The van der Waals surface area contributed by atoms with Gasteiger partial charge in [0.25, 0.3) is 0 Å². The van der Waals surface area contributed by atoms with Crippen molar-refractivity contribution in [1.82, 2.24) is 4.98 Å². The molecule has 1 aromatic heterocycles. The summed E-state index contributed by atoms with van der Waals surface area (Å²) in [6.07, 6.45) is 4.85. The first kappa shape index (κ1) is 13.5. The first-order chi connectivity index (χ1) is 8.46. The average Bonchev–Trinajstić information content (AvgIpc) is 2.76. The zero-order chi connectivity index (χ0) is 13.2. The van der Waals surface area contributed by atoms with Crippen LogP contribution >= 0.6 is 11.3 Å². The summed E-state index contributed by atoms with van der Waals surface area (Å²) in [4.78, 5) is 14.7. The van der Waals surface area contributed by atoms with Gasteiger partial charge in [0.15, 0.2) is 0 Å². The molecule has 0 spiro atoms. The molecule has 0 amide bonds. The van der Waals surface area contributed by atoms with E-state index in [1.54, 1.807) is 5.38 Å². The lowest BCUT2D eigenvalue weighted by Gasteiger charge is -2.34. The number of thiazole rings is 1. The lowest BCUT2D eigenvalue weighted by Crippen LogP contribution is -2.26. The number of carboxylic acids is 1. The summed E-state index contributed by atoms with van der Waals surface area (Å²) in [6.45, 7) is 5.01. The van der Waals surface area contributed by atoms with Crippen LogP contribution in [-0.2, 0) is 11.3 Å². The minimum atomic E-state index is -0.967. The molecule has 1 aliphatic carbocycles. The number of hydrogen-bond acceptors (Lipinski definition) is 4. The van der Waals surface area contributed by atoms with E-state index >= 15 is 0 Å². The number of ether oxygens (including phenoxy) is 1. The highest BCUT2D eigenvalue weighted by molar-refractivity contribution is 7.11. The maximum absolute atomic E-state index is 10.7. The van der Waals surface area contributed by atoms with E-state index in [0.717, 1.165) is 29.9 Å². The van der Waals surface area contributed by atoms with Gasteiger partial charge in [-0.2, -0.15) is 0 Å². The molecule has 100 valence electrons. The van der Waals surface area contributed by atoms with Gasteiger partial charge < -0.3 is 9.84 Å². The molecule has 5 heteroatoms. The lowest BCUT2D eigenvalue weighted by molar-refractivity contribution is -0.00674. The minimum Gasteiger partial charge on any atom is -0.476 e. The Morgan fingerprint density at radius 2 is 2.22 bits per heavy atom. The molecule has 18 heavy (non-hydrogen) atoms. The maximum atomic E-state index is 10.7. The highest BCUT2D eigenvalue weighted by Crippen LogP contribution is 2.36. The number of aromatic nitrogens is 1. The molecule has 0 aromatic carbocycles. The minimum absolute atomic E-state index is 0.137. The van der Waals surface area contributed by atoms with Gasteiger partial charge in [0.05, 0.1) is 18.4 Å². The van der Waals surface area contributed by atoms with E-state index in [0.29, 0.717) is 18.1 Å². The van der Waals surface area contributed by atoms with Crippen LogP contribution in [0.4, 0.5) is 0 Å². The Balaban J connectivity index is 1.79. The Morgan fingerprint density at radius 1 is 1.56 bits per heavy atom. The molecule has 1 fully saturated rings. The molecule has 1 N–H and O–H groups in total. The van der Waals surface area contributed by atoms with Gasteiger partial charge in [-0.15, -0.1) is 11.3 Å². The first-order valence-corrected chi connectivity index (χ1v) is 7.13. The Hall–Kier alpha value is -0.940. The summed E-state index contributed by atoms with van der Waals surface area (Å²) in [5, 5.41) is 10.7. The third kappa shape index (κ3) is 3.53. The quantitative estimate of drug-likeness (QED) is 0.910. The molecule has 1 aliphatic rings. The second-order valence-corrected chi connectivity index (χ2v) is 6.48. The van der Waals surface area contributed by atoms with Crippen molar-refractivity contribution < 1.29 is 14.6 Å². The second-order valence-electron chi connectivity index (χ2n) is 5.62. The summed E-state index contributed by atoms with van der Waals surface area (Å²) in [7, 11) is 0. The molecule has 1 saturated carbocycles. The molecular weight excluding hydrogens is 250 g/mol. The summed E-state index contributed by atoms with van der Waals surface area (Å²) in [5.74, 6) is -0.967. The standard InChI is InChI=1S/C13H19NO3S/c1-13(2)5-3-10(4-6-13)17-7-9-8-18-11(14-9)12(15)16/h8,10H,3-7H2,1-2H3,(H,15,16). The molecule has 0 radical (unpaired) electrons. The topological polar surface area (TPSA) is 59.4 Å². The Bertz CT molecular complexity index is 418. The van der Waals surface area contributed by atoms with Crippen molar-refractivity contribution in [3.63, 3.8) is 0 Å². The molecule has 4 nitrogen and oxygen atoms in total. The van der Waals surface area contributed by atoms with Crippen molar-refractivity contribution in [2.24, 2.45) is 5.41 Å². The third-order valence-electron chi connectivity index (χ3n) is 3.49. The van der Waals surface area contributed by atoms with E-state index in [4.69, 9.17) is 9.84 Å². The summed E-state index contributed by atoms with van der Waals surface area (Å²) in [5.41, 5.74) is 1.17. The number of hydrogen-bond donors (Lipinski definition) is 1. The zero-order valence-electron chi connectivity index (χ0n) is 10.8. The molecule has 0 atom stereocenters. The number of rotatable bonds is 4. The lowest BCUT2D eigenvalue weighted by atomic mass is 9.76. The van der Waals surface area contributed by atoms with Crippen molar-refractivity contribution in [3.8, 4) is 0 Å². The molecule has 0 aliphatic heterocycles. The van der Waals surface area contributed by atoms with Crippen LogP contribution in [0.3, 0.4) is 0 Å². The van der Waals surface area contributed by atoms with Gasteiger partial charge in [-0.05, 0) is 31.1 Å². The molecule has 2 rings (SSSR count). The van der Waals surface area contributed by atoms with Crippen LogP contribution in [-0.4, -0.2) is 22.2 Å². The third-order valence-corrected chi connectivity index (χ3v) is 4.37. The molecule has 0 unspecified atom stereocenters. The Kier molecular flexibility index (Phi) is 4.02. The highest BCUT2D eigenvalue weighted by atomic mass is 32.1. The van der Waals surface area contributed by atoms with E-state index in [1.807, 2.05) is 0 Å². The van der Waals surface area contributed by atoms with E-state index in [1.165, 1.54) is 12.8 Å². The van der Waals surface area contributed by atoms with Crippen LogP contribution in [0.1, 0.15) is 55.0 Å². The Labute approximate surface area is 111 Å². The van der Waals surface area contributed by atoms with Crippen molar-refractivity contribution in [1.29, 1.82) is 0 Å². The number of carboxylic acid groups (broad SMARTS) is 1. The smallest absolute Gasteiger partial charge is 0.365 e. The van der Waals surface area contributed by atoms with Crippen LogP contribution in [0, 0.1) is 5.41 Å². The van der Waals surface area contributed by atoms with Crippen molar-refractivity contribution in [3.05, 3.63) is 16.1 Å². The van der Waals surface area contributed by atoms with Crippen LogP contribution in [0.2, 0.25) is 0 Å². The number of aromatic carboxylic acids is 1.